The first-order valence-corrected chi connectivity index (χ1v) is 6.74. The van der Waals surface area contributed by atoms with Gasteiger partial charge in [0.1, 0.15) is 17.2 Å². The SMILES string of the molecule is COc1ccc(O)c(C(=O)NNC(=O)c2ncccc2C(F)(F)F)c1. The van der Waals surface area contributed by atoms with E-state index in [0.29, 0.717) is 6.07 Å². The maximum atomic E-state index is 12.9. The number of phenols is 1. The number of ether oxygens (including phenoxy) is 1. The van der Waals surface area contributed by atoms with Crippen molar-refractivity contribution >= 4 is 11.8 Å². The molecule has 0 bridgehead atoms. The second-order valence-electron chi connectivity index (χ2n) is 4.69. The highest BCUT2D eigenvalue weighted by atomic mass is 19.4. The van der Waals surface area contributed by atoms with Crippen molar-refractivity contribution in [2.45, 2.75) is 6.18 Å². The number of nitrogens with one attached hydrogen (secondary N) is 2. The molecule has 0 atom stereocenters. The summed E-state index contributed by atoms with van der Waals surface area (Å²) in [5.41, 5.74) is 1.35. The molecule has 10 heteroatoms. The van der Waals surface area contributed by atoms with Crippen molar-refractivity contribution in [2.75, 3.05) is 7.11 Å². The zero-order chi connectivity index (χ0) is 18.6. The number of carbonyl (C=O) groups excluding carboxylic acids is 2. The Bertz CT molecular complexity index is 809. The first-order valence-electron chi connectivity index (χ1n) is 6.74. The van der Waals surface area contributed by atoms with E-state index >= 15 is 0 Å². The number of phenolic OH excluding ortho intramolecular Hbond substituents is 1. The van der Waals surface area contributed by atoms with Gasteiger partial charge in [0, 0.05) is 6.20 Å². The predicted octanol–water partition coefficient (Wildman–Crippen LogP) is 1.89. The molecule has 7 nitrogen and oxygen atoms in total. The summed E-state index contributed by atoms with van der Waals surface area (Å²) < 4.78 is 43.5. The number of alkyl halides is 3. The van der Waals surface area contributed by atoms with Crippen LogP contribution in [0.15, 0.2) is 36.5 Å². The van der Waals surface area contributed by atoms with E-state index < -0.39 is 35.0 Å². The summed E-state index contributed by atoms with van der Waals surface area (Å²) in [5, 5.41) is 9.64. The summed E-state index contributed by atoms with van der Waals surface area (Å²) in [7, 11) is 1.34. The Morgan fingerprint density at radius 3 is 2.48 bits per heavy atom. The zero-order valence-corrected chi connectivity index (χ0v) is 12.7. The number of rotatable bonds is 3. The number of aromatic hydroxyl groups is 1. The lowest BCUT2D eigenvalue weighted by molar-refractivity contribution is -0.138. The number of nitrogens with zero attached hydrogens (tertiary/aromatic N) is 1. The molecule has 0 aliphatic rings. The minimum Gasteiger partial charge on any atom is -0.507 e. The summed E-state index contributed by atoms with van der Waals surface area (Å²) in [6, 6.07) is 5.51. The summed E-state index contributed by atoms with van der Waals surface area (Å²) in [6.07, 6.45) is -3.77. The maximum Gasteiger partial charge on any atom is 0.418 e. The molecule has 0 aliphatic heterocycles. The first-order chi connectivity index (χ1) is 11.7. The fraction of sp³-hybridized carbons (Fsp3) is 0.133. The predicted molar refractivity (Wildman–Crippen MR) is 78.8 cm³/mol. The van der Waals surface area contributed by atoms with Crippen molar-refractivity contribution < 1.29 is 32.6 Å². The van der Waals surface area contributed by atoms with E-state index in [1.165, 1.54) is 25.3 Å². The summed E-state index contributed by atoms with van der Waals surface area (Å²) in [4.78, 5) is 27.2. The van der Waals surface area contributed by atoms with Crippen molar-refractivity contribution in [2.24, 2.45) is 0 Å². The van der Waals surface area contributed by atoms with Gasteiger partial charge < -0.3 is 9.84 Å². The van der Waals surface area contributed by atoms with Gasteiger partial charge in [-0.2, -0.15) is 13.2 Å². The fourth-order valence-electron chi connectivity index (χ4n) is 1.88. The number of methoxy groups -OCH3 is 1. The van der Waals surface area contributed by atoms with Crippen molar-refractivity contribution in [3.8, 4) is 11.5 Å². The van der Waals surface area contributed by atoms with Crippen LogP contribution in [0, 0.1) is 0 Å². The quantitative estimate of drug-likeness (QED) is 0.730. The number of carbonyl (C=O) groups is 2. The van der Waals surface area contributed by atoms with Crippen LogP contribution >= 0.6 is 0 Å². The van der Waals surface area contributed by atoms with Gasteiger partial charge in [-0.3, -0.25) is 25.4 Å². The van der Waals surface area contributed by atoms with Gasteiger partial charge in [-0.15, -0.1) is 0 Å². The second-order valence-corrected chi connectivity index (χ2v) is 4.69. The largest absolute Gasteiger partial charge is 0.507 e. The zero-order valence-electron chi connectivity index (χ0n) is 12.7. The molecule has 0 saturated carbocycles. The van der Waals surface area contributed by atoms with E-state index in [1.807, 2.05) is 10.9 Å². The lowest BCUT2D eigenvalue weighted by Crippen LogP contribution is -2.42. The normalized spacial score (nSPS) is 10.9. The topological polar surface area (TPSA) is 101 Å². The lowest BCUT2D eigenvalue weighted by atomic mass is 10.1. The molecule has 1 aromatic carbocycles. The first kappa shape index (κ1) is 18.0. The Morgan fingerprint density at radius 2 is 1.84 bits per heavy atom. The molecular formula is C15H12F3N3O4. The third kappa shape index (κ3) is 4.16. The van der Waals surface area contributed by atoms with Crippen LogP contribution in [0.2, 0.25) is 0 Å². The second kappa shape index (κ2) is 7.07. The lowest BCUT2D eigenvalue weighted by Gasteiger charge is -2.12. The van der Waals surface area contributed by atoms with Crippen LogP contribution in [0.1, 0.15) is 26.4 Å². The van der Waals surface area contributed by atoms with Gasteiger partial charge in [-0.1, -0.05) is 0 Å². The van der Waals surface area contributed by atoms with Crippen molar-refractivity contribution in [1.82, 2.24) is 15.8 Å². The highest BCUT2D eigenvalue weighted by Crippen LogP contribution is 2.30. The van der Waals surface area contributed by atoms with Crippen LogP contribution < -0.4 is 15.6 Å². The van der Waals surface area contributed by atoms with E-state index in [9.17, 15) is 27.9 Å². The number of amides is 2. The molecule has 1 aromatic heterocycles. The molecule has 0 aliphatic carbocycles. The van der Waals surface area contributed by atoms with Crippen LogP contribution in [-0.2, 0) is 6.18 Å². The van der Waals surface area contributed by atoms with Crippen LogP contribution in [0.5, 0.6) is 11.5 Å². The molecule has 3 N–H and O–H groups in total. The van der Waals surface area contributed by atoms with E-state index in [0.717, 1.165) is 12.3 Å². The highest BCUT2D eigenvalue weighted by Gasteiger charge is 2.36. The van der Waals surface area contributed by atoms with Crippen molar-refractivity contribution in [1.29, 1.82) is 0 Å². The third-order valence-corrected chi connectivity index (χ3v) is 3.07. The average Bonchev–Trinajstić information content (AvgIpc) is 2.59. The molecular weight excluding hydrogens is 343 g/mol. The summed E-state index contributed by atoms with van der Waals surface area (Å²) >= 11 is 0. The molecule has 2 amide bonds. The highest BCUT2D eigenvalue weighted by molar-refractivity contribution is 6.00. The van der Waals surface area contributed by atoms with Crippen molar-refractivity contribution in [3.63, 3.8) is 0 Å². The van der Waals surface area contributed by atoms with Crippen LogP contribution in [-0.4, -0.2) is 29.0 Å². The number of aromatic nitrogens is 1. The summed E-state index contributed by atoms with van der Waals surface area (Å²) in [5.74, 6) is -2.35. The third-order valence-electron chi connectivity index (χ3n) is 3.07. The minimum absolute atomic E-state index is 0.239. The Labute approximate surface area is 139 Å². The minimum atomic E-state index is -4.78. The van der Waals surface area contributed by atoms with Crippen LogP contribution in [0.25, 0.3) is 0 Å². The van der Waals surface area contributed by atoms with Gasteiger partial charge >= 0.3 is 6.18 Å². The van der Waals surface area contributed by atoms with Gasteiger partial charge in [0.15, 0.2) is 0 Å². The number of halogens is 3. The Hall–Kier alpha value is -3.30. The molecule has 1 heterocycles. The Balaban J connectivity index is 2.15. The van der Waals surface area contributed by atoms with Gasteiger partial charge in [-0.25, -0.2) is 0 Å². The molecule has 0 unspecified atom stereocenters. The number of pyridine rings is 1. The Kier molecular flexibility index (Phi) is 5.11. The number of hydrogen-bond acceptors (Lipinski definition) is 5. The summed E-state index contributed by atoms with van der Waals surface area (Å²) in [6.45, 7) is 0. The van der Waals surface area contributed by atoms with Gasteiger partial charge in [0.05, 0.1) is 18.2 Å². The fourth-order valence-corrected chi connectivity index (χ4v) is 1.88. The molecule has 0 saturated heterocycles. The number of hydrazine groups is 1. The smallest absolute Gasteiger partial charge is 0.418 e. The number of hydrogen-bond donors (Lipinski definition) is 3. The van der Waals surface area contributed by atoms with Crippen LogP contribution in [0.4, 0.5) is 13.2 Å². The van der Waals surface area contributed by atoms with Crippen molar-refractivity contribution in [3.05, 3.63) is 53.3 Å². The molecule has 132 valence electrons. The molecule has 0 spiro atoms. The molecule has 25 heavy (non-hydrogen) atoms. The maximum absolute atomic E-state index is 12.9. The van der Waals surface area contributed by atoms with E-state index in [-0.39, 0.29) is 11.3 Å². The van der Waals surface area contributed by atoms with Gasteiger partial charge in [0.2, 0.25) is 0 Å². The molecule has 0 fully saturated rings. The van der Waals surface area contributed by atoms with Crippen LogP contribution in [0.3, 0.4) is 0 Å². The Morgan fingerprint density at radius 1 is 1.16 bits per heavy atom. The number of benzene rings is 1. The molecule has 2 aromatic rings. The van der Waals surface area contributed by atoms with E-state index in [1.54, 1.807) is 0 Å². The molecule has 2 rings (SSSR count). The van der Waals surface area contributed by atoms with Gasteiger partial charge in [-0.05, 0) is 30.3 Å². The average molecular weight is 355 g/mol. The molecule has 0 radical (unpaired) electrons. The monoisotopic (exact) mass is 355 g/mol. The van der Waals surface area contributed by atoms with Gasteiger partial charge in [0.25, 0.3) is 11.8 Å². The standard InChI is InChI=1S/C15H12F3N3O4/c1-25-8-4-5-11(22)9(7-8)13(23)20-21-14(24)12-10(15(16,17)18)3-2-6-19-12/h2-7,22H,1H3,(H,20,23)(H,21,24). The van der Waals surface area contributed by atoms with E-state index in [4.69, 9.17) is 4.74 Å². The van der Waals surface area contributed by atoms with E-state index in [2.05, 4.69) is 4.98 Å².